The van der Waals surface area contributed by atoms with Gasteiger partial charge in [-0.3, -0.25) is 0 Å². The lowest BCUT2D eigenvalue weighted by Crippen LogP contribution is -2.17. The monoisotopic (exact) mass is 294 g/mol. The molecule has 0 N–H and O–H groups in total. The molecule has 0 aliphatic carbocycles. The van der Waals surface area contributed by atoms with Crippen LogP contribution in [0.3, 0.4) is 0 Å². The fraction of sp³-hybridized carbons (Fsp3) is 0.273. The first-order valence-electron chi connectivity index (χ1n) is 5.67. The molecule has 0 amide bonds. The summed E-state index contributed by atoms with van der Waals surface area (Å²) in [5.41, 5.74) is 0.848. The summed E-state index contributed by atoms with van der Waals surface area (Å²) in [6.45, 7) is 0.217. The third-order valence-corrected chi connectivity index (χ3v) is 3.13. The highest BCUT2D eigenvalue weighted by Gasteiger charge is 2.13. The first-order valence-corrected chi connectivity index (χ1v) is 6.61. The second kappa shape index (κ2) is 5.39. The van der Waals surface area contributed by atoms with Crippen molar-refractivity contribution in [2.45, 2.75) is 13.2 Å². The average Bonchev–Trinajstić information content (AvgIpc) is 3.13. The normalized spacial score (nSPS) is 11.1. The number of rotatable bonds is 5. The van der Waals surface area contributed by atoms with Crippen molar-refractivity contribution in [3.05, 3.63) is 39.1 Å². The fourth-order valence-electron chi connectivity index (χ4n) is 1.59. The molecular formula is C11H10N4O4S. The number of hydrogen-bond donors (Lipinski definition) is 0. The number of aromatic nitrogens is 4. The Morgan fingerprint density at radius 3 is 3.15 bits per heavy atom. The predicted octanol–water partition coefficient (Wildman–Crippen LogP) is 1.14. The minimum Gasteiger partial charge on any atom is -0.390 e. The van der Waals surface area contributed by atoms with Crippen LogP contribution in [0.1, 0.15) is 11.7 Å². The van der Waals surface area contributed by atoms with E-state index in [1.165, 1.54) is 18.4 Å². The number of methoxy groups -OCH3 is 1. The Bertz CT molecular complexity index is 743. The van der Waals surface area contributed by atoms with E-state index >= 15 is 0 Å². The number of nitrogens with zero attached hydrogens (tertiary/aromatic N) is 4. The highest BCUT2D eigenvalue weighted by atomic mass is 32.1. The lowest BCUT2D eigenvalue weighted by atomic mass is 10.3. The molecule has 3 heterocycles. The molecule has 0 bridgehead atoms. The Balaban J connectivity index is 1.80. The van der Waals surface area contributed by atoms with Crippen LogP contribution in [0, 0.1) is 0 Å². The van der Waals surface area contributed by atoms with Gasteiger partial charge in [-0.05, 0) is 11.4 Å². The lowest BCUT2D eigenvalue weighted by Gasteiger charge is -1.91. The van der Waals surface area contributed by atoms with Crippen LogP contribution < -0.4 is 5.76 Å². The van der Waals surface area contributed by atoms with Crippen molar-refractivity contribution in [3.63, 3.8) is 0 Å². The minimum absolute atomic E-state index is 0.0830. The third kappa shape index (κ3) is 2.53. The maximum Gasteiger partial charge on any atom is 0.437 e. The van der Waals surface area contributed by atoms with Crippen molar-refractivity contribution in [3.8, 4) is 11.5 Å². The molecule has 0 spiro atoms. The summed E-state index contributed by atoms with van der Waals surface area (Å²) in [6, 6.07) is 1.88. The summed E-state index contributed by atoms with van der Waals surface area (Å²) >= 11 is 1.53. The maximum absolute atomic E-state index is 11.5. The second-order valence-electron chi connectivity index (χ2n) is 3.88. The summed E-state index contributed by atoms with van der Waals surface area (Å²) in [5.74, 6) is 0.387. The zero-order chi connectivity index (χ0) is 13.9. The van der Waals surface area contributed by atoms with Crippen molar-refractivity contribution >= 4 is 11.3 Å². The summed E-state index contributed by atoms with van der Waals surface area (Å²) in [4.78, 5) is 15.7. The molecular weight excluding hydrogens is 284 g/mol. The predicted molar refractivity (Wildman–Crippen MR) is 68.2 cm³/mol. The number of hydrogen-bond acceptors (Lipinski definition) is 8. The van der Waals surface area contributed by atoms with Gasteiger partial charge < -0.3 is 13.7 Å². The molecule has 9 heteroatoms. The van der Waals surface area contributed by atoms with Gasteiger partial charge in [0.25, 0.3) is 5.89 Å². The number of ether oxygens (including phenoxy) is 1. The average molecular weight is 294 g/mol. The molecule has 0 saturated heterocycles. The molecule has 104 valence electrons. The molecule has 0 radical (unpaired) electrons. The summed E-state index contributed by atoms with van der Waals surface area (Å²) in [7, 11) is 1.49. The van der Waals surface area contributed by atoms with Gasteiger partial charge in [-0.2, -0.15) is 21.0 Å². The van der Waals surface area contributed by atoms with Crippen LogP contribution in [0.15, 0.2) is 30.6 Å². The van der Waals surface area contributed by atoms with Gasteiger partial charge in [-0.15, -0.1) is 5.10 Å². The molecule has 0 aliphatic heterocycles. The van der Waals surface area contributed by atoms with E-state index in [9.17, 15) is 4.79 Å². The second-order valence-corrected chi connectivity index (χ2v) is 4.66. The smallest absolute Gasteiger partial charge is 0.390 e. The quantitative estimate of drug-likeness (QED) is 0.696. The van der Waals surface area contributed by atoms with E-state index < -0.39 is 5.76 Å². The van der Waals surface area contributed by atoms with Crippen LogP contribution in [0.4, 0.5) is 0 Å². The molecule has 3 aromatic rings. The van der Waals surface area contributed by atoms with Gasteiger partial charge in [0, 0.05) is 12.5 Å². The van der Waals surface area contributed by atoms with Crippen molar-refractivity contribution in [2.75, 3.05) is 7.11 Å². The summed E-state index contributed by atoms with van der Waals surface area (Å²) in [6.07, 6.45) is 0. The van der Waals surface area contributed by atoms with E-state index in [4.69, 9.17) is 13.7 Å². The third-order valence-electron chi connectivity index (χ3n) is 2.44. The Hall–Kier alpha value is -2.26. The van der Waals surface area contributed by atoms with Crippen molar-refractivity contribution in [1.29, 1.82) is 0 Å². The molecule has 0 aliphatic rings. The van der Waals surface area contributed by atoms with Gasteiger partial charge in [0.2, 0.25) is 5.89 Å². The van der Waals surface area contributed by atoms with Crippen LogP contribution in [0.5, 0.6) is 0 Å². The van der Waals surface area contributed by atoms with E-state index in [-0.39, 0.29) is 19.0 Å². The Morgan fingerprint density at radius 1 is 1.50 bits per heavy atom. The van der Waals surface area contributed by atoms with E-state index in [0.29, 0.717) is 11.7 Å². The van der Waals surface area contributed by atoms with E-state index in [2.05, 4.69) is 15.2 Å². The zero-order valence-electron chi connectivity index (χ0n) is 10.5. The molecule has 20 heavy (non-hydrogen) atoms. The van der Waals surface area contributed by atoms with Crippen LogP contribution in [-0.4, -0.2) is 27.0 Å². The topological polar surface area (TPSA) is 96.2 Å². The maximum atomic E-state index is 11.5. The van der Waals surface area contributed by atoms with Gasteiger partial charge in [0.05, 0.1) is 5.56 Å². The van der Waals surface area contributed by atoms with E-state index in [1.54, 1.807) is 0 Å². The summed E-state index contributed by atoms with van der Waals surface area (Å²) < 4.78 is 16.0. The zero-order valence-corrected chi connectivity index (χ0v) is 11.3. The summed E-state index contributed by atoms with van der Waals surface area (Å²) in [5, 5.41) is 11.6. The molecule has 3 aromatic heterocycles. The molecule has 3 rings (SSSR count). The standard InChI is InChI=1S/C11H10N4O4S/c1-17-5-9-13-15(11(16)18-9)4-8-12-10(19-14-8)7-2-3-20-6-7/h2-3,6H,4-5H2,1H3. The van der Waals surface area contributed by atoms with E-state index in [0.717, 1.165) is 10.2 Å². The molecule has 0 atom stereocenters. The SMILES string of the molecule is COCc1nn(Cc2noc(-c3ccsc3)n2)c(=O)o1. The molecule has 0 aromatic carbocycles. The van der Waals surface area contributed by atoms with Gasteiger partial charge in [-0.25, -0.2) is 4.79 Å². The van der Waals surface area contributed by atoms with Gasteiger partial charge in [0.15, 0.2) is 5.82 Å². The molecule has 8 nitrogen and oxygen atoms in total. The van der Waals surface area contributed by atoms with Gasteiger partial charge in [0.1, 0.15) is 13.2 Å². The molecule has 0 fully saturated rings. The molecule has 0 unspecified atom stereocenters. The van der Waals surface area contributed by atoms with Gasteiger partial charge >= 0.3 is 5.76 Å². The van der Waals surface area contributed by atoms with E-state index in [1.807, 2.05) is 16.8 Å². The highest BCUT2D eigenvalue weighted by molar-refractivity contribution is 7.08. The fourth-order valence-corrected chi connectivity index (χ4v) is 2.22. The Kier molecular flexibility index (Phi) is 3.44. The lowest BCUT2D eigenvalue weighted by molar-refractivity contribution is 0.158. The first kappa shape index (κ1) is 12.8. The van der Waals surface area contributed by atoms with Crippen LogP contribution in [0.25, 0.3) is 11.5 Å². The highest BCUT2D eigenvalue weighted by Crippen LogP contribution is 2.19. The largest absolute Gasteiger partial charge is 0.437 e. The Labute approximate surface area is 116 Å². The van der Waals surface area contributed by atoms with Crippen LogP contribution >= 0.6 is 11.3 Å². The first-order chi connectivity index (χ1) is 9.76. The van der Waals surface area contributed by atoms with Crippen molar-refractivity contribution in [1.82, 2.24) is 19.9 Å². The van der Waals surface area contributed by atoms with Gasteiger partial charge in [-0.1, -0.05) is 5.16 Å². The number of thiophene rings is 1. The van der Waals surface area contributed by atoms with Crippen LogP contribution in [-0.2, 0) is 17.9 Å². The molecule has 0 saturated carbocycles. The van der Waals surface area contributed by atoms with Crippen molar-refractivity contribution < 1.29 is 13.7 Å². The minimum atomic E-state index is -0.584. The van der Waals surface area contributed by atoms with Crippen molar-refractivity contribution in [2.24, 2.45) is 0 Å². The Morgan fingerprint density at radius 2 is 2.40 bits per heavy atom. The van der Waals surface area contributed by atoms with Crippen LogP contribution in [0.2, 0.25) is 0 Å².